The van der Waals surface area contributed by atoms with Crippen LogP contribution in [-0.2, 0) is 0 Å². The molecule has 5 heteroatoms. The molecule has 0 aromatic heterocycles. The van der Waals surface area contributed by atoms with E-state index in [1.54, 1.807) is 6.07 Å². The predicted molar refractivity (Wildman–Crippen MR) is 63.4 cm³/mol. The van der Waals surface area contributed by atoms with Gasteiger partial charge >= 0.3 is 0 Å². The van der Waals surface area contributed by atoms with Crippen LogP contribution in [0, 0.1) is 0 Å². The second-order valence-corrected chi connectivity index (χ2v) is 4.47. The van der Waals surface area contributed by atoms with Crippen LogP contribution < -0.4 is 11.5 Å². The second kappa shape index (κ2) is 3.91. The number of rotatable bonds is 2. The number of guanidine groups is 1. The molecule has 15 heavy (non-hydrogen) atoms. The van der Waals surface area contributed by atoms with E-state index in [-0.39, 0.29) is 12.0 Å². The number of nitrogens with zero attached hydrogens (tertiary/aromatic N) is 1. The second-order valence-electron chi connectivity index (χ2n) is 3.63. The van der Waals surface area contributed by atoms with Crippen molar-refractivity contribution >= 4 is 29.2 Å². The highest BCUT2D eigenvalue weighted by atomic mass is 35.5. The molecular weight excluding hydrogens is 233 g/mol. The molecule has 0 aliphatic heterocycles. The maximum atomic E-state index is 6.07. The molecule has 0 radical (unpaired) electrons. The Morgan fingerprint density at radius 3 is 2.67 bits per heavy atom. The zero-order valence-corrected chi connectivity index (χ0v) is 9.46. The lowest BCUT2D eigenvalue weighted by Crippen LogP contribution is -2.23. The molecule has 3 nitrogen and oxygen atoms in total. The molecule has 0 amide bonds. The van der Waals surface area contributed by atoms with Gasteiger partial charge in [-0.25, -0.2) is 4.99 Å². The van der Waals surface area contributed by atoms with Crippen LogP contribution in [0.3, 0.4) is 0 Å². The fourth-order valence-electron chi connectivity index (χ4n) is 1.65. The van der Waals surface area contributed by atoms with Crippen LogP contribution >= 0.6 is 23.2 Å². The smallest absolute Gasteiger partial charge is 0.186 e. The van der Waals surface area contributed by atoms with Crippen LogP contribution in [0.15, 0.2) is 23.2 Å². The van der Waals surface area contributed by atoms with Crippen LogP contribution in [0.5, 0.6) is 0 Å². The van der Waals surface area contributed by atoms with Crippen molar-refractivity contribution in [3.8, 4) is 0 Å². The van der Waals surface area contributed by atoms with Gasteiger partial charge in [0.15, 0.2) is 5.96 Å². The third-order valence-electron chi connectivity index (χ3n) is 2.43. The largest absolute Gasteiger partial charge is 0.370 e. The van der Waals surface area contributed by atoms with Crippen LogP contribution in [-0.4, -0.2) is 12.0 Å². The molecule has 2 atom stereocenters. The van der Waals surface area contributed by atoms with Crippen molar-refractivity contribution < 1.29 is 0 Å². The van der Waals surface area contributed by atoms with Gasteiger partial charge in [0.2, 0.25) is 0 Å². The molecule has 0 spiro atoms. The topological polar surface area (TPSA) is 64.4 Å². The normalized spacial score (nSPS) is 23.6. The number of nitrogens with two attached hydrogens (primary N) is 2. The number of aliphatic imine (C=N–C) groups is 1. The maximum absolute atomic E-state index is 6.07. The number of benzene rings is 1. The Morgan fingerprint density at radius 1 is 1.33 bits per heavy atom. The maximum Gasteiger partial charge on any atom is 0.186 e. The zero-order chi connectivity index (χ0) is 11.0. The fourth-order valence-corrected chi connectivity index (χ4v) is 2.20. The summed E-state index contributed by atoms with van der Waals surface area (Å²) in [6, 6.07) is 5.67. The van der Waals surface area contributed by atoms with Gasteiger partial charge in [0.05, 0.1) is 6.04 Å². The minimum atomic E-state index is 0.132. The van der Waals surface area contributed by atoms with E-state index in [4.69, 9.17) is 34.7 Å². The highest BCUT2D eigenvalue weighted by Crippen LogP contribution is 2.46. The van der Waals surface area contributed by atoms with E-state index in [1.807, 2.05) is 12.1 Å². The zero-order valence-electron chi connectivity index (χ0n) is 7.95. The Labute approximate surface area is 98.1 Å². The molecule has 1 aliphatic rings. The first kappa shape index (κ1) is 10.6. The minimum Gasteiger partial charge on any atom is -0.370 e. The van der Waals surface area contributed by atoms with Gasteiger partial charge in [0.1, 0.15) is 0 Å². The summed E-state index contributed by atoms with van der Waals surface area (Å²) >= 11 is 11.9. The minimum absolute atomic E-state index is 0.132. The van der Waals surface area contributed by atoms with E-state index in [9.17, 15) is 0 Å². The van der Waals surface area contributed by atoms with Crippen molar-refractivity contribution in [2.45, 2.75) is 18.4 Å². The van der Waals surface area contributed by atoms with Gasteiger partial charge in [0.25, 0.3) is 0 Å². The van der Waals surface area contributed by atoms with E-state index in [2.05, 4.69) is 4.99 Å². The lowest BCUT2D eigenvalue weighted by molar-refractivity contribution is 0.982. The van der Waals surface area contributed by atoms with E-state index in [0.29, 0.717) is 16.0 Å². The Hall–Kier alpha value is -0.930. The fraction of sp³-hybridized carbons (Fsp3) is 0.300. The molecule has 1 aromatic carbocycles. The van der Waals surface area contributed by atoms with Crippen molar-refractivity contribution in [2.24, 2.45) is 16.5 Å². The van der Waals surface area contributed by atoms with Crippen molar-refractivity contribution in [3.05, 3.63) is 33.8 Å². The summed E-state index contributed by atoms with van der Waals surface area (Å²) in [6.45, 7) is 0. The van der Waals surface area contributed by atoms with E-state index in [1.165, 1.54) is 0 Å². The van der Waals surface area contributed by atoms with E-state index >= 15 is 0 Å². The monoisotopic (exact) mass is 243 g/mol. The molecule has 0 heterocycles. The summed E-state index contributed by atoms with van der Waals surface area (Å²) in [5.74, 6) is 0.462. The van der Waals surface area contributed by atoms with Gasteiger partial charge in [-0.1, -0.05) is 29.3 Å². The summed E-state index contributed by atoms with van der Waals surface area (Å²) in [4.78, 5) is 4.09. The first-order chi connectivity index (χ1) is 7.08. The summed E-state index contributed by atoms with van der Waals surface area (Å²) in [5.41, 5.74) is 11.7. The molecule has 0 bridgehead atoms. The van der Waals surface area contributed by atoms with Crippen LogP contribution in [0.4, 0.5) is 0 Å². The first-order valence-corrected chi connectivity index (χ1v) is 5.37. The SMILES string of the molecule is NC(N)=N[C@@H]1C[C@H]1c1ccc(Cl)cc1Cl. The quantitative estimate of drug-likeness (QED) is 0.618. The number of halogens is 2. The van der Waals surface area contributed by atoms with E-state index in [0.717, 1.165) is 12.0 Å². The van der Waals surface area contributed by atoms with Crippen LogP contribution in [0.2, 0.25) is 10.0 Å². The van der Waals surface area contributed by atoms with Crippen molar-refractivity contribution in [1.29, 1.82) is 0 Å². The highest BCUT2D eigenvalue weighted by Gasteiger charge is 2.39. The molecule has 0 unspecified atom stereocenters. The lowest BCUT2D eigenvalue weighted by Gasteiger charge is -2.02. The Balaban J connectivity index is 2.17. The molecular formula is C10H11Cl2N3. The van der Waals surface area contributed by atoms with Gasteiger partial charge in [-0.3, -0.25) is 0 Å². The summed E-state index contributed by atoms with van der Waals surface area (Å²) in [5, 5.41) is 1.32. The predicted octanol–water partition coefficient (Wildman–Crippen LogP) is 2.12. The summed E-state index contributed by atoms with van der Waals surface area (Å²) < 4.78 is 0. The summed E-state index contributed by atoms with van der Waals surface area (Å²) in [6.07, 6.45) is 0.944. The van der Waals surface area contributed by atoms with Gasteiger partial charge in [-0.2, -0.15) is 0 Å². The lowest BCUT2D eigenvalue weighted by atomic mass is 10.1. The molecule has 1 fully saturated rings. The molecule has 1 aliphatic carbocycles. The Morgan fingerprint density at radius 2 is 2.07 bits per heavy atom. The first-order valence-electron chi connectivity index (χ1n) is 4.61. The third-order valence-corrected chi connectivity index (χ3v) is 3.00. The standard InChI is InChI=1S/C10H11Cl2N3/c11-5-1-2-6(8(12)3-5)7-4-9(7)15-10(13)14/h1-3,7,9H,4H2,(H4,13,14,15)/t7-,9+/m0/s1. The number of hydrogen-bond acceptors (Lipinski definition) is 1. The molecule has 4 N–H and O–H groups in total. The van der Waals surface area contributed by atoms with Gasteiger partial charge in [0, 0.05) is 16.0 Å². The van der Waals surface area contributed by atoms with Crippen LogP contribution in [0.25, 0.3) is 0 Å². The summed E-state index contributed by atoms with van der Waals surface area (Å²) in [7, 11) is 0. The molecule has 1 saturated carbocycles. The van der Waals surface area contributed by atoms with Gasteiger partial charge < -0.3 is 11.5 Å². The third kappa shape index (κ3) is 2.36. The average molecular weight is 244 g/mol. The Bertz CT molecular complexity index is 413. The Kier molecular flexibility index (Phi) is 2.76. The molecule has 2 rings (SSSR count). The molecule has 1 aromatic rings. The van der Waals surface area contributed by atoms with Crippen molar-refractivity contribution in [3.63, 3.8) is 0 Å². The molecule has 0 saturated heterocycles. The molecule has 80 valence electrons. The van der Waals surface area contributed by atoms with Crippen molar-refractivity contribution in [1.82, 2.24) is 0 Å². The van der Waals surface area contributed by atoms with E-state index < -0.39 is 0 Å². The average Bonchev–Trinajstić information content (AvgIpc) is 2.82. The van der Waals surface area contributed by atoms with Crippen LogP contribution in [0.1, 0.15) is 17.9 Å². The van der Waals surface area contributed by atoms with Gasteiger partial charge in [-0.15, -0.1) is 0 Å². The van der Waals surface area contributed by atoms with Gasteiger partial charge in [-0.05, 0) is 24.1 Å². The highest BCUT2D eigenvalue weighted by molar-refractivity contribution is 6.35. The van der Waals surface area contributed by atoms with Crippen molar-refractivity contribution in [2.75, 3.05) is 0 Å². The number of hydrogen-bond donors (Lipinski definition) is 2.